The molecule has 1 amide bonds. The molecule has 0 unspecified atom stereocenters. The Balaban J connectivity index is 1.74. The van der Waals surface area contributed by atoms with Crippen LogP contribution in [0.5, 0.6) is 0 Å². The highest BCUT2D eigenvalue weighted by atomic mass is 79.9. The summed E-state index contributed by atoms with van der Waals surface area (Å²) in [4.78, 5) is 28.8. The summed E-state index contributed by atoms with van der Waals surface area (Å²) in [6, 6.07) is 10.9. The number of aromatic nitrogens is 1. The zero-order valence-corrected chi connectivity index (χ0v) is 16.4. The van der Waals surface area contributed by atoms with E-state index in [1.54, 1.807) is 26.0 Å². The number of carbonyl (C=O) groups excluding carboxylic acids is 2. The Kier molecular flexibility index (Phi) is 5.53. The first-order valence-corrected chi connectivity index (χ1v) is 9.40. The van der Waals surface area contributed by atoms with Crippen LogP contribution < -0.4 is 5.32 Å². The number of nitrogens with zero attached hydrogens (tertiary/aromatic N) is 1. The first kappa shape index (κ1) is 18.3. The Morgan fingerprint density at radius 3 is 2.65 bits per heavy atom. The first-order chi connectivity index (χ1) is 12.5. The number of carbonyl (C=O) groups is 2. The molecule has 1 N–H and O–H groups in total. The molecule has 2 heterocycles. The number of aryl methyl sites for hydroxylation is 1. The summed E-state index contributed by atoms with van der Waals surface area (Å²) in [5.41, 5.74) is 1.38. The van der Waals surface area contributed by atoms with Gasteiger partial charge in [-0.2, -0.15) is 0 Å². The summed E-state index contributed by atoms with van der Waals surface area (Å²) in [5.74, 6) is -0.130. The molecule has 0 saturated heterocycles. The molecule has 0 bridgehead atoms. The molecule has 3 rings (SSSR count). The van der Waals surface area contributed by atoms with E-state index in [4.69, 9.17) is 9.15 Å². The van der Waals surface area contributed by atoms with Gasteiger partial charge in [-0.3, -0.25) is 10.1 Å². The molecule has 0 spiro atoms. The number of esters is 1. The second-order valence-electron chi connectivity index (χ2n) is 5.28. The minimum Gasteiger partial charge on any atom is -0.462 e. The van der Waals surface area contributed by atoms with Crippen LogP contribution in [0.1, 0.15) is 32.8 Å². The molecule has 1 aromatic carbocycles. The van der Waals surface area contributed by atoms with E-state index in [0.29, 0.717) is 21.5 Å². The van der Waals surface area contributed by atoms with Crippen molar-refractivity contribution in [1.29, 1.82) is 0 Å². The van der Waals surface area contributed by atoms with Gasteiger partial charge in [0.05, 0.1) is 12.3 Å². The SMILES string of the molecule is CCOC(=O)c1sc(NC(=O)c2ccc(-c3ccc(Br)cc3)o2)nc1C. The molecule has 0 atom stereocenters. The monoisotopic (exact) mass is 434 g/mol. The Labute approximate surface area is 162 Å². The number of rotatable bonds is 5. The van der Waals surface area contributed by atoms with Gasteiger partial charge in [0, 0.05) is 10.0 Å². The number of hydrogen-bond acceptors (Lipinski definition) is 6. The van der Waals surface area contributed by atoms with E-state index in [1.165, 1.54) is 0 Å². The van der Waals surface area contributed by atoms with Crippen LogP contribution in [0.25, 0.3) is 11.3 Å². The Bertz CT molecular complexity index is 947. The zero-order chi connectivity index (χ0) is 18.7. The second-order valence-corrected chi connectivity index (χ2v) is 7.19. The van der Waals surface area contributed by atoms with E-state index >= 15 is 0 Å². The van der Waals surface area contributed by atoms with Crippen molar-refractivity contribution < 1.29 is 18.7 Å². The van der Waals surface area contributed by atoms with Crippen molar-refractivity contribution in [2.75, 3.05) is 11.9 Å². The van der Waals surface area contributed by atoms with Gasteiger partial charge < -0.3 is 9.15 Å². The van der Waals surface area contributed by atoms with Crippen molar-refractivity contribution in [3.63, 3.8) is 0 Å². The third-order valence-electron chi connectivity index (χ3n) is 3.44. The zero-order valence-electron chi connectivity index (χ0n) is 14.0. The molecular formula is C18H15BrN2O4S. The highest BCUT2D eigenvalue weighted by Gasteiger charge is 2.19. The molecule has 26 heavy (non-hydrogen) atoms. The van der Waals surface area contributed by atoms with E-state index in [-0.39, 0.29) is 12.4 Å². The lowest BCUT2D eigenvalue weighted by atomic mass is 10.2. The third-order valence-corrected chi connectivity index (χ3v) is 5.02. The van der Waals surface area contributed by atoms with Crippen LogP contribution in [-0.4, -0.2) is 23.5 Å². The highest BCUT2D eigenvalue weighted by Crippen LogP contribution is 2.26. The van der Waals surface area contributed by atoms with Gasteiger partial charge in [-0.15, -0.1) is 0 Å². The van der Waals surface area contributed by atoms with E-state index in [2.05, 4.69) is 26.2 Å². The minimum atomic E-state index is -0.446. The van der Waals surface area contributed by atoms with Crippen molar-refractivity contribution in [2.45, 2.75) is 13.8 Å². The highest BCUT2D eigenvalue weighted by molar-refractivity contribution is 9.10. The summed E-state index contributed by atoms with van der Waals surface area (Å²) in [5, 5.41) is 2.97. The van der Waals surface area contributed by atoms with Gasteiger partial charge in [-0.05, 0) is 38.1 Å². The van der Waals surface area contributed by atoms with Gasteiger partial charge in [-0.25, -0.2) is 9.78 Å². The fourth-order valence-electron chi connectivity index (χ4n) is 2.22. The Morgan fingerprint density at radius 2 is 1.96 bits per heavy atom. The summed E-state index contributed by atoms with van der Waals surface area (Å²) < 4.78 is 11.6. The molecule has 3 aromatic rings. The predicted octanol–water partition coefficient (Wildman–Crippen LogP) is 4.90. The summed E-state index contributed by atoms with van der Waals surface area (Å²) in [6.07, 6.45) is 0. The normalized spacial score (nSPS) is 10.6. The number of ether oxygens (including phenoxy) is 1. The van der Waals surface area contributed by atoms with Crippen LogP contribution in [0.2, 0.25) is 0 Å². The fraction of sp³-hybridized carbons (Fsp3) is 0.167. The number of halogens is 1. The maximum absolute atomic E-state index is 12.4. The fourth-order valence-corrected chi connectivity index (χ4v) is 3.34. The number of benzene rings is 1. The van der Waals surface area contributed by atoms with Crippen LogP contribution >= 0.6 is 27.3 Å². The van der Waals surface area contributed by atoms with E-state index < -0.39 is 11.9 Å². The van der Waals surface area contributed by atoms with Crippen LogP contribution in [0, 0.1) is 6.92 Å². The number of amides is 1. The first-order valence-electron chi connectivity index (χ1n) is 7.79. The standard InChI is InChI=1S/C18H15BrN2O4S/c1-3-24-17(23)15-10(2)20-18(26-15)21-16(22)14-9-8-13(25-14)11-4-6-12(19)7-5-11/h4-9H,3H2,1-2H3,(H,20,21,22). The molecule has 2 aromatic heterocycles. The van der Waals surface area contributed by atoms with Gasteiger partial charge in [0.1, 0.15) is 10.6 Å². The third kappa shape index (κ3) is 4.03. The number of hydrogen-bond donors (Lipinski definition) is 1. The molecule has 0 aliphatic rings. The lowest BCUT2D eigenvalue weighted by Gasteiger charge is -1.99. The van der Waals surface area contributed by atoms with Crippen molar-refractivity contribution in [3.8, 4) is 11.3 Å². The molecule has 6 nitrogen and oxygen atoms in total. The minimum absolute atomic E-state index is 0.161. The number of thiazole rings is 1. The van der Waals surface area contributed by atoms with Crippen LogP contribution in [0.4, 0.5) is 5.13 Å². The summed E-state index contributed by atoms with van der Waals surface area (Å²) in [6.45, 7) is 3.71. The molecule has 0 aliphatic carbocycles. The predicted molar refractivity (Wildman–Crippen MR) is 103 cm³/mol. The average Bonchev–Trinajstić information content (AvgIpc) is 3.23. The second kappa shape index (κ2) is 7.84. The molecule has 0 radical (unpaired) electrons. The Hall–Kier alpha value is -2.45. The smallest absolute Gasteiger partial charge is 0.350 e. The van der Waals surface area contributed by atoms with Crippen molar-refractivity contribution in [3.05, 3.63) is 57.2 Å². The van der Waals surface area contributed by atoms with Gasteiger partial charge in [-0.1, -0.05) is 39.4 Å². The van der Waals surface area contributed by atoms with E-state index in [9.17, 15) is 9.59 Å². The van der Waals surface area contributed by atoms with Crippen molar-refractivity contribution >= 4 is 44.3 Å². The largest absolute Gasteiger partial charge is 0.462 e. The van der Waals surface area contributed by atoms with E-state index in [1.807, 2.05) is 24.3 Å². The van der Waals surface area contributed by atoms with Crippen LogP contribution in [0.3, 0.4) is 0 Å². The van der Waals surface area contributed by atoms with Gasteiger partial charge in [0.15, 0.2) is 10.9 Å². The quantitative estimate of drug-likeness (QED) is 0.577. The van der Waals surface area contributed by atoms with Gasteiger partial charge in [0.25, 0.3) is 5.91 Å². The van der Waals surface area contributed by atoms with Gasteiger partial charge in [0.2, 0.25) is 0 Å². The maximum Gasteiger partial charge on any atom is 0.350 e. The van der Waals surface area contributed by atoms with Crippen LogP contribution in [0.15, 0.2) is 45.3 Å². The average molecular weight is 435 g/mol. The van der Waals surface area contributed by atoms with Crippen LogP contribution in [-0.2, 0) is 4.74 Å². The topological polar surface area (TPSA) is 81.4 Å². The summed E-state index contributed by atoms with van der Waals surface area (Å²) in [7, 11) is 0. The Morgan fingerprint density at radius 1 is 1.23 bits per heavy atom. The van der Waals surface area contributed by atoms with Gasteiger partial charge >= 0.3 is 5.97 Å². The number of anilines is 1. The molecule has 0 saturated carbocycles. The summed E-state index contributed by atoms with van der Waals surface area (Å²) >= 11 is 4.45. The van der Waals surface area contributed by atoms with E-state index in [0.717, 1.165) is 21.4 Å². The lowest BCUT2D eigenvalue weighted by molar-refractivity contribution is 0.0531. The number of furan rings is 1. The molecular weight excluding hydrogens is 420 g/mol. The van der Waals surface area contributed by atoms with Crippen molar-refractivity contribution in [1.82, 2.24) is 4.98 Å². The molecule has 134 valence electrons. The number of nitrogens with one attached hydrogen (secondary N) is 1. The molecule has 8 heteroatoms. The van der Waals surface area contributed by atoms with Crippen molar-refractivity contribution in [2.24, 2.45) is 0 Å². The lowest BCUT2D eigenvalue weighted by Crippen LogP contribution is -2.10. The maximum atomic E-state index is 12.4. The molecule has 0 aliphatic heterocycles. The molecule has 0 fully saturated rings.